The lowest BCUT2D eigenvalue weighted by molar-refractivity contribution is -0.152. The van der Waals surface area contributed by atoms with Crippen molar-refractivity contribution in [3.05, 3.63) is 12.2 Å². The molecule has 0 spiro atoms. The van der Waals surface area contributed by atoms with Crippen LogP contribution in [0.15, 0.2) is 12.2 Å². The molecule has 0 aliphatic carbocycles. The van der Waals surface area contributed by atoms with Crippen LogP contribution >= 0.6 is 0 Å². The maximum Gasteiger partial charge on any atom is 0.333 e. The number of unbranched alkanes of at least 4 members (excludes halogenated alkanes) is 3. The fourth-order valence-corrected chi connectivity index (χ4v) is 1.34. The van der Waals surface area contributed by atoms with Gasteiger partial charge in [0, 0.05) is 12.0 Å². The van der Waals surface area contributed by atoms with E-state index in [0.717, 1.165) is 32.0 Å². The Kier molecular flexibility index (Phi) is 6.70. The van der Waals surface area contributed by atoms with Gasteiger partial charge in [-0.15, -0.1) is 0 Å². The highest BCUT2D eigenvalue weighted by molar-refractivity contribution is 5.87. The molecule has 3 nitrogen and oxygen atoms in total. The number of carbonyl (C=O) groups excluding carboxylic acids is 2. The lowest BCUT2D eigenvalue weighted by Gasteiger charge is -2.25. The van der Waals surface area contributed by atoms with Crippen LogP contribution in [0.3, 0.4) is 0 Å². The molecule has 0 N–H and O–H groups in total. The summed E-state index contributed by atoms with van der Waals surface area (Å²) in [4.78, 5) is 21.4. The Morgan fingerprint density at radius 1 is 1.31 bits per heavy atom. The summed E-state index contributed by atoms with van der Waals surface area (Å²) in [7, 11) is 0. The van der Waals surface area contributed by atoms with E-state index in [1.165, 1.54) is 0 Å². The summed E-state index contributed by atoms with van der Waals surface area (Å²) < 4.78 is 5.30. The zero-order chi connectivity index (χ0) is 12.6. The Morgan fingerprint density at radius 2 is 1.94 bits per heavy atom. The van der Waals surface area contributed by atoms with E-state index in [2.05, 4.69) is 6.58 Å². The zero-order valence-electron chi connectivity index (χ0n) is 10.5. The zero-order valence-corrected chi connectivity index (χ0v) is 10.5. The second-order valence-corrected chi connectivity index (χ2v) is 4.70. The van der Waals surface area contributed by atoms with Crippen molar-refractivity contribution in [2.75, 3.05) is 0 Å². The fourth-order valence-electron chi connectivity index (χ4n) is 1.34. The second-order valence-electron chi connectivity index (χ2n) is 4.70. The predicted molar refractivity (Wildman–Crippen MR) is 64.1 cm³/mol. The van der Waals surface area contributed by atoms with E-state index in [1.807, 2.05) is 13.8 Å². The molecule has 0 saturated carbocycles. The molecule has 0 amide bonds. The number of hydrogen-bond acceptors (Lipinski definition) is 3. The van der Waals surface area contributed by atoms with E-state index in [0.29, 0.717) is 12.0 Å². The van der Waals surface area contributed by atoms with Crippen molar-refractivity contribution >= 4 is 12.3 Å². The van der Waals surface area contributed by atoms with E-state index in [1.54, 1.807) is 6.92 Å². The van der Waals surface area contributed by atoms with E-state index in [4.69, 9.17) is 4.74 Å². The molecule has 0 saturated heterocycles. The first-order valence-electron chi connectivity index (χ1n) is 5.71. The highest BCUT2D eigenvalue weighted by Gasteiger charge is 2.22. The molecule has 3 heteroatoms. The number of carbonyl (C=O) groups is 2. The van der Waals surface area contributed by atoms with E-state index in [9.17, 15) is 9.59 Å². The third kappa shape index (κ3) is 7.21. The van der Waals surface area contributed by atoms with Gasteiger partial charge in [-0.3, -0.25) is 0 Å². The average molecular weight is 226 g/mol. The minimum absolute atomic E-state index is 0.335. The highest BCUT2D eigenvalue weighted by atomic mass is 16.6. The molecule has 0 aliphatic heterocycles. The van der Waals surface area contributed by atoms with Gasteiger partial charge in [0.25, 0.3) is 0 Å². The first kappa shape index (κ1) is 14.9. The topological polar surface area (TPSA) is 43.4 Å². The third-order valence-electron chi connectivity index (χ3n) is 2.32. The van der Waals surface area contributed by atoms with Crippen LogP contribution in [-0.4, -0.2) is 17.9 Å². The van der Waals surface area contributed by atoms with E-state index >= 15 is 0 Å². The molecule has 0 aromatic rings. The van der Waals surface area contributed by atoms with Gasteiger partial charge < -0.3 is 9.53 Å². The van der Waals surface area contributed by atoms with Gasteiger partial charge >= 0.3 is 5.97 Å². The number of rotatable bonds is 8. The number of aldehydes is 1. The molecule has 0 bridgehead atoms. The van der Waals surface area contributed by atoms with Gasteiger partial charge in [0.1, 0.15) is 11.9 Å². The number of esters is 1. The van der Waals surface area contributed by atoms with Crippen LogP contribution < -0.4 is 0 Å². The summed E-state index contributed by atoms with van der Waals surface area (Å²) in [5.74, 6) is -0.335. The summed E-state index contributed by atoms with van der Waals surface area (Å²) in [6, 6.07) is 0. The maximum absolute atomic E-state index is 11.3. The molecule has 0 heterocycles. The molecule has 0 aromatic carbocycles. The normalized spacial score (nSPS) is 10.9. The second kappa shape index (κ2) is 7.20. The monoisotopic (exact) mass is 226 g/mol. The van der Waals surface area contributed by atoms with Crippen molar-refractivity contribution in [2.24, 2.45) is 0 Å². The van der Waals surface area contributed by atoms with Crippen LogP contribution in [0.25, 0.3) is 0 Å². The first-order chi connectivity index (χ1) is 7.39. The van der Waals surface area contributed by atoms with Crippen LogP contribution in [0.5, 0.6) is 0 Å². The van der Waals surface area contributed by atoms with Crippen LogP contribution in [-0.2, 0) is 14.3 Å². The van der Waals surface area contributed by atoms with Crippen molar-refractivity contribution < 1.29 is 14.3 Å². The Bertz CT molecular complexity index is 254. The third-order valence-corrected chi connectivity index (χ3v) is 2.32. The Morgan fingerprint density at radius 3 is 2.44 bits per heavy atom. The Labute approximate surface area is 97.9 Å². The van der Waals surface area contributed by atoms with Gasteiger partial charge in [-0.05, 0) is 40.0 Å². The largest absolute Gasteiger partial charge is 0.456 e. The van der Waals surface area contributed by atoms with Crippen molar-refractivity contribution in [3.63, 3.8) is 0 Å². The standard InChI is InChI=1S/C13H22O3/c1-11(2)12(15)16-13(3,4)9-7-5-6-8-10-14/h10H,1,5-9H2,2-4H3. The van der Waals surface area contributed by atoms with E-state index in [-0.39, 0.29) is 5.97 Å². The molecule has 92 valence electrons. The van der Waals surface area contributed by atoms with Gasteiger partial charge in [-0.1, -0.05) is 13.0 Å². The quantitative estimate of drug-likeness (QED) is 0.276. The highest BCUT2D eigenvalue weighted by Crippen LogP contribution is 2.20. The van der Waals surface area contributed by atoms with Gasteiger partial charge in [-0.2, -0.15) is 0 Å². The smallest absolute Gasteiger partial charge is 0.333 e. The summed E-state index contributed by atoms with van der Waals surface area (Å²) in [6.07, 6.45) is 5.23. The minimum atomic E-state index is -0.447. The van der Waals surface area contributed by atoms with Crippen molar-refractivity contribution in [1.82, 2.24) is 0 Å². The molecule has 16 heavy (non-hydrogen) atoms. The lowest BCUT2D eigenvalue weighted by Crippen LogP contribution is -2.28. The Balaban J connectivity index is 3.82. The molecular formula is C13H22O3. The molecule has 0 atom stereocenters. The van der Waals surface area contributed by atoms with Crippen molar-refractivity contribution in [2.45, 2.75) is 58.5 Å². The lowest BCUT2D eigenvalue weighted by atomic mass is 10.00. The summed E-state index contributed by atoms with van der Waals surface area (Å²) in [5.41, 5.74) is -0.0222. The molecule has 0 radical (unpaired) electrons. The van der Waals surface area contributed by atoms with Gasteiger partial charge in [-0.25, -0.2) is 4.79 Å². The van der Waals surface area contributed by atoms with E-state index < -0.39 is 5.60 Å². The minimum Gasteiger partial charge on any atom is -0.456 e. The summed E-state index contributed by atoms with van der Waals surface area (Å²) >= 11 is 0. The molecule has 0 aromatic heterocycles. The predicted octanol–water partition coefficient (Wildman–Crippen LogP) is 3.03. The molecule has 0 rings (SSSR count). The SMILES string of the molecule is C=C(C)C(=O)OC(C)(C)CCCCCC=O. The van der Waals surface area contributed by atoms with Crippen molar-refractivity contribution in [3.8, 4) is 0 Å². The van der Waals surface area contributed by atoms with Crippen LogP contribution in [0.4, 0.5) is 0 Å². The maximum atomic E-state index is 11.3. The number of ether oxygens (including phenoxy) is 1. The summed E-state index contributed by atoms with van der Waals surface area (Å²) in [5, 5.41) is 0. The van der Waals surface area contributed by atoms with Gasteiger partial charge in [0.05, 0.1) is 0 Å². The average Bonchev–Trinajstić information content (AvgIpc) is 2.16. The number of hydrogen-bond donors (Lipinski definition) is 0. The van der Waals surface area contributed by atoms with Gasteiger partial charge in [0.15, 0.2) is 0 Å². The van der Waals surface area contributed by atoms with Crippen LogP contribution in [0, 0.1) is 0 Å². The molecular weight excluding hydrogens is 204 g/mol. The van der Waals surface area contributed by atoms with Gasteiger partial charge in [0.2, 0.25) is 0 Å². The first-order valence-corrected chi connectivity index (χ1v) is 5.71. The Hall–Kier alpha value is -1.12. The van der Waals surface area contributed by atoms with Crippen molar-refractivity contribution in [1.29, 1.82) is 0 Å². The molecule has 0 fully saturated rings. The van der Waals surface area contributed by atoms with Crippen LogP contribution in [0.1, 0.15) is 52.9 Å². The molecule has 0 unspecified atom stereocenters. The summed E-state index contributed by atoms with van der Waals surface area (Å²) in [6.45, 7) is 8.98. The molecule has 0 aliphatic rings. The fraction of sp³-hybridized carbons (Fsp3) is 0.692. The van der Waals surface area contributed by atoms with Crippen LogP contribution in [0.2, 0.25) is 0 Å².